The molecule has 2 aromatic rings. The predicted octanol–water partition coefficient (Wildman–Crippen LogP) is 2.65. The highest BCUT2D eigenvalue weighted by Crippen LogP contribution is 2.41. The average Bonchev–Trinajstić information content (AvgIpc) is 3.49. The molecule has 2 amide bonds. The van der Waals surface area contributed by atoms with Crippen molar-refractivity contribution in [1.82, 2.24) is 29.9 Å². The molecule has 1 aliphatic heterocycles. The van der Waals surface area contributed by atoms with Gasteiger partial charge in [-0.3, -0.25) is 14.5 Å². The number of rotatable bonds is 5. The quantitative estimate of drug-likeness (QED) is 0.773. The number of piperazine rings is 1. The van der Waals surface area contributed by atoms with Crippen molar-refractivity contribution in [2.24, 2.45) is 0 Å². The van der Waals surface area contributed by atoms with E-state index in [1.54, 1.807) is 0 Å². The molecule has 1 saturated heterocycles. The maximum Gasteiger partial charge on any atom is 0.254 e. The first-order valence-electron chi connectivity index (χ1n) is 11.8. The van der Waals surface area contributed by atoms with Gasteiger partial charge in [0.2, 0.25) is 5.91 Å². The lowest BCUT2D eigenvalue weighted by Crippen LogP contribution is -2.51. The maximum absolute atomic E-state index is 13.7. The van der Waals surface area contributed by atoms with Gasteiger partial charge in [0.05, 0.1) is 28.7 Å². The molecule has 1 aliphatic carbocycles. The highest BCUT2D eigenvalue weighted by atomic mass is 16.2. The number of carbonyl (C=O) groups is 2. The average molecular weight is 441 g/mol. The maximum atomic E-state index is 13.7. The third-order valence-corrected chi connectivity index (χ3v) is 6.17. The van der Waals surface area contributed by atoms with Gasteiger partial charge in [-0.1, -0.05) is 0 Å². The summed E-state index contributed by atoms with van der Waals surface area (Å²) in [6.07, 6.45) is 2.26. The molecule has 3 heterocycles. The number of pyridine rings is 1. The topological polar surface area (TPSA) is 83.4 Å². The van der Waals surface area contributed by atoms with Crippen LogP contribution in [-0.2, 0) is 10.3 Å². The molecular weight excluding hydrogens is 404 g/mol. The van der Waals surface area contributed by atoms with Crippen molar-refractivity contribution in [2.45, 2.75) is 71.9 Å². The van der Waals surface area contributed by atoms with Gasteiger partial charge in [-0.15, -0.1) is 0 Å². The molecule has 0 radical (unpaired) electrons. The Balaban J connectivity index is 1.58. The fraction of sp³-hybridized carbons (Fsp3) is 0.667. The minimum Gasteiger partial charge on any atom is -0.353 e. The molecule has 174 valence electrons. The number of fused-ring (bicyclic) bond motifs is 1. The highest BCUT2D eigenvalue weighted by molar-refractivity contribution is 6.06. The largest absolute Gasteiger partial charge is 0.353 e. The van der Waals surface area contributed by atoms with Crippen LogP contribution in [0.3, 0.4) is 0 Å². The van der Waals surface area contributed by atoms with Gasteiger partial charge in [-0.2, -0.15) is 5.10 Å². The van der Waals surface area contributed by atoms with Gasteiger partial charge in [-0.25, -0.2) is 9.67 Å². The minimum atomic E-state index is -0.218. The molecule has 0 aromatic carbocycles. The van der Waals surface area contributed by atoms with Crippen LogP contribution < -0.4 is 5.32 Å². The smallest absolute Gasteiger partial charge is 0.254 e. The van der Waals surface area contributed by atoms with E-state index in [-0.39, 0.29) is 23.4 Å². The van der Waals surface area contributed by atoms with E-state index in [0.717, 1.165) is 40.8 Å². The Kier molecular flexibility index (Phi) is 6.00. The van der Waals surface area contributed by atoms with E-state index < -0.39 is 0 Å². The van der Waals surface area contributed by atoms with Gasteiger partial charge in [0, 0.05) is 43.8 Å². The third kappa shape index (κ3) is 4.65. The third-order valence-electron chi connectivity index (χ3n) is 6.17. The number of nitrogens with one attached hydrogen (secondary N) is 1. The van der Waals surface area contributed by atoms with Gasteiger partial charge in [0.15, 0.2) is 5.65 Å². The summed E-state index contributed by atoms with van der Waals surface area (Å²) in [5.74, 6) is 0.531. The van der Waals surface area contributed by atoms with Crippen molar-refractivity contribution in [3.8, 4) is 0 Å². The molecule has 4 rings (SSSR count). The van der Waals surface area contributed by atoms with Crippen LogP contribution in [0.25, 0.3) is 11.0 Å². The number of carbonyl (C=O) groups excluding carboxylic acids is 2. The summed E-state index contributed by atoms with van der Waals surface area (Å²) in [5.41, 5.74) is 3.17. The zero-order valence-corrected chi connectivity index (χ0v) is 20.2. The highest BCUT2D eigenvalue weighted by Gasteiger charge is 2.32. The summed E-state index contributed by atoms with van der Waals surface area (Å²) < 4.78 is 1.96. The first kappa shape index (κ1) is 22.7. The molecule has 1 saturated carbocycles. The molecule has 2 fully saturated rings. The second-order valence-corrected chi connectivity index (χ2v) is 10.5. The Labute approximate surface area is 190 Å². The number of aromatic nitrogens is 3. The summed E-state index contributed by atoms with van der Waals surface area (Å²) in [6, 6.07) is 2.14. The number of hydrogen-bond acceptors (Lipinski definition) is 5. The molecule has 8 nitrogen and oxygen atoms in total. The van der Waals surface area contributed by atoms with E-state index in [9.17, 15) is 9.59 Å². The summed E-state index contributed by atoms with van der Waals surface area (Å²) in [5, 5.41) is 8.57. The number of amides is 2. The lowest BCUT2D eigenvalue weighted by molar-refractivity contribution is -0.123. The van der Waals surface area contributed by atoms with E-state index in [1.165, 1.54) is 0 Å². The Morgan fingerprint density at radius 1 is 1.16 bits per heavy atom. The van der Waals surface area contributed by atoms with Crippen molar-refractivity contribution in [2.75, 3.05) is 32.7 Å². The molecule has 0 unspecified atom stereocenters. The lowest BCUT2D eigenvalue weighted by atomic mass is 10.1. The molecule has 2 aromatic heterocycles. The minimum absolute atomic E-state index is 0.0370. The summed E-state index contributed by atoms with van der Waals surface area (Å²) in [7, 11) is 0. The van der Waals surface area contributed by atoms with Crippen LogP contribution in [0.1, 0.15) is 75.1 Å². The Hall–Kier alpha value is -2.48. The van der Waals surface area contributed by atoms with Gasteiger partial charge in [0.1, 0.15) is 0 Å². The van der Waals surface area contributed by atoms with Crippen molar-refractivity contribution in [1.29, 1.82) is 0 Å². The normalized spacial score (nSPS) is 17.9. The molecule has 0 bridgehead atoms. The Bertz CT molecular complexity index is 1020. The molecule has 8 heteroatoms. The van der Waals surface area contributed by atoms with Crippen LogP contribution in [-0.4, -0.2) is 75.1 Å². The summed E-state index contributed by atoms with van der Waals surface area (Å²) in [4.78, 5) is 34.7. The fourth-order valence-electron chi connectivity index (χ4n) is 4.38. The molecular formula is C24H36N6O2. The number of aryl methyl sites for hydroxylation is 1. The van der Waals surface area contributed by atoms with Crippen LogP contribution in [0, 0.1) is 6.92 Å². The van der Waals surface area contributed by atoms with E-state index in [0.29, 0.717) is 38.6 Å². The molecule has 1 N–H and O–H groups in total. The van der Waals surface area contributed by atoms with E-state index in [2.05, 4.69) is 31.0 Å². The Morgan fingerprint density at radius 2 is 1.81 bits per heavy atom. The van der Waals surface area contributed by atoms with Gasteiger partial charge in [0.25, 0.3) is 5.91 Å². The van der Waals surface area contributed by atoms with E-state index >= 15 is 0 Å². The van der Waals surface area contributed by atoms with Crippen molar-refractivity contribution >= 4 is 22.8 Å². The van der Waals surface area contributed by atoms with Crippen LogP contribution in [0.15, 0.2) is 6.07 Å². The van der Waals surface area contributed by atoms with Crippen molar-refractivity contribution < 1.29 is 9.59 Å². The van der Waals surface area contributed by atoms with Gasteiger partial charge in [-0.05, 0) is 60.5 Å². The Morgan fingerprint density at radius 3 is 2.38 bits per heavy atom. The van der Waals surface area contributed by atoms with E-state index in [4.69, 9.17) is 10.1 Å². The molecule has 32 heavy (non-hydrogen) atoms. The van der Waals surface area contributed by atoms with Crippen LogP contribution in [0.5, 0.6) is 0 Å². The molecule has 0 spiro atoms. The lowest BCUT2D eigenvalue weighted by Gasteiger charge is -2.34. The summed E-state index contributed by atoms with van der Waals surface area (Å²) in [6.45, 7) is 15.2. The van der Waals surface area contributed by atoms with Gasteiger partial charge < -0.3 is 10.2 Å². The van der Waals surface area contributed by atoms with Crippen molar-refractivity contribution in [3.63, 3.8) is 0 Å². The monoisotopic (exact) mass is 440 g/mol. The van der Waals surface area contributed by atoms with E-state index in [1.807, 2.05) is 36.4 Å². The second-order valence-electron chi connectivity index (χ2n) is 10.5. The first-order valence-corrected chi connectivity index (χ1v) is 11.8. The summed E-state index contributed by atoms with van der Waals surface area (Å²) >= 11 is 0. The fourth-order valence-corrected chi connectivity index (χ4v) is 4.38. The SMILES string of the molecule is Cc1nn(C(C)(C)C)c2nc(C3CC3)cc(C(=O)N3CCN(CC(=O)NC(C)C)CC3)c12. The van der Waals surface area contributed by atoms with Crippen LogP contribution in [0.2, 0.25) is 0 Å². The van der Waals surface area contributed by atoms with Gasteiger partial charge >= 0.3 is 0 Å². The van der Waals surface area contributed by atoms with Crippen LogP contribution in [0.4, 0.5) is 0 Å². The number of hydrogen-bond donors (Lipinski definition) is 1. The standard InChI is InChI=1S/C24H36N6O2/c1-15(2)25-20(31)14-28-9-11-29(12-10-28)23(32)18-13-19(17-7-8-17)26-22-21(18)16(3)27-30(22)24(4,5)6/h13,15,17H,7-12,14H2,1-6H3,(H,25,31). The zero-order valence-electron chi connectivity index (χ0n) is 20.2. The first-order chi connectivity index (χ1) is 15.0. The number of nitrogens with zero attached hydrogens (tertiary/aromatic N) is 5. The molecule has 2 aliphatic rings. The van der Waals surface area contributed by atoms with Crippen molar-refractivity contribution in [3.05, 3.63) is 23.0 Å². The predicted molar refractivity (Wildman–Crippen MR) is 125 cm³/mol. The second kappa shape index (κ2) is 8.46. The zero-order chi connectivity index (χ0) is 23.2. The van der Waals surface area contributed by atoms with Crippen LogP contribution >= 0.6 is 0 Å². The molecule has 0 atom stereocenters.